The minimum atomic E-state index is 1.33. The molecule has 0 aliphatic heterocycles. The predicted molar refractivity (Wildman–Crippen MR) is 61.6 cm³/mol. The van der Waals surface area contributed by atoms with Crippen LogP contribution in [0.5, 0.6) is 0 Å². The molecular weight excluding hydrogens is 196 g/mol. The second kappa shape index (κ2) is 2.76. The van der Waals surface area contributed by atoms with Gasteiger partial charge in [0, 0.05) is 0 Å². The van der Waals surface area contributed by atoms with E-state index >= 15 is 0 Å². The lowest BCUT2D eigenvalue weighted by Gasteiger charge is -1.94. The lowest BCUT2D eigenvalue weighted by molar-refractivity contribution is 1.81. The maximum atomic E-state index is 2.27. The second-order valence-electron chi connectivity index (χ2n) is 3.03. The van der Waals surface area contributed by atoms with Gasteiger partial charge in [-0.1, -0.05) is 24.3 Å². The average Bonchev–Trinajstić information content (AvgIpc) is 2.61. The molecule has 0 nitrogen and oxygen atoms in total. The maximum absolute atomic E-state index is 2.27. The van der Waals surface area contributed by atoms with Gasteiger partial charge in [0.2, 0.25) is 5.38 Å². The highest BCUT2D eigenvalue weighted by Gasteiger charge is 2.05. The van der Waals surface area contributed by atoms with Crippen LogP contribution in [-0.4, -0.2) is 0 Å². The van der Waals surface area contributed by atoms with Crippen LogP contribution in [0.4, 0.5) is 0 Å². The summed E-state index contributed by atoms with van der Waals surface area (Å²) in [5.74, 6) is 0. The first-order chi connectivity index (χ1) is 6.43. The Morgan fingerprint density at radius 1 is 0.923 bits per heavy atom. The van der Waals surface area contributed by atoms with Gasteiger partial charge in [-0.3, -0.25) is 0 Å². The summed E-state index contributed by atoms with van der Waals surface area (Å²) in [5.41, 5.74) is 0. The van der Waals surface area contributed by atoms with Crippen molar-refractivity contribution in [2.24, 2.45) is 0 Å². The second-order valence-corrected chi connectivity index (χ2v) is 5.15. The third-order valence-corrected chi connectivity index (χ3v) is 4.29. The van der Waals surface area contributed by atoms with Gasteiger partial charge in [-0.15, -0.1) is 0 Å². The Kier molecular flexibility index (Phi) is 1.57. The van der Waals surface area contributed by atoms with Crippen LogP contribution in [0.2, 0.25) is 0 Å². The molecule has 0 unspecified atom stereocenters. The summed E-state index contributed by atoms with van der Waals surface area (Å²) in [6.45, 7) is 0. The largest absolute Gasteiger partial charge is 0.292 e. The molecule has 13 heavy (non-hydrogen) atoms. The number of hydrogen-bond donors (Lipinski definition) is 0. The van der Waals surface area contributed by atoms with Crippen molar-refractivity contribution in [2.45, 2.75) is 0 Å². The number of hydrogen-bond acceptors (Lipinski definition) is 1. The molecule has 0 aliphatic carbocycles. The third-order valence-electron chi connectivity index (χ3n) is 2.19. The zero-order valence-corrected chi connectivity index (χ0v) is 8.49. The van der Waals surface area contributed by atoms with E-state index in [4.69, 9.17) is 0 Å². The van der Waals surface area contributed by atoms with E-state index in [9.17, 15) is 0 Å². The van der Waals surface area contributed by atoms with Gasteiger partial charge in [-0.25, -0.2) is 0 Å². The summed E-state index contributed by atoms with van der Waals surface area (Å²) in [4.78, 5) is 0. The fourth-order valence-electron chi connectivity index (χ4n) is 1.53. The van der Waals surface area contributed by atoms with Crippen LogP contribution in [0.3, 0.4) is 0 Å². The van der Waals surface area contributed by atoms with Crippen LogP contribution in [0.25, 0.3) is 20.9 Å². The van der Waals surface area contributed by atoms with E-state index in [1.165, 1.54) is 20.9 Å². The van der Waals surface area contributed by atoms with Crippen molar-refractivity contribution >= 4 is 41.5 Å². The molecule has 2 aromatic carbocycles. The standard InChI is InChI=1S/C11H7S2/c1-2-4-9-6-11-10(7-12-13-11)5-8(9)3-1/h1-7H/q+1. The first kappa shape index (κ1) is 7.42. The van der Waals surface area contributed by atoms with Crippen molar-refractivity contribution in [1.82, 2.24) is 0 Å². The Hall–Kier alpha value is -0.990. The summed E-state index contributed by atoms with van der Waals surface area (Å²) in [5, 5.41) is 6.26. The summed E-state index contributed by atoms with van der Waals surface area (Å²) in [7, 11) is 3.65. The molecule has 1 aromatic heterocycles. The summed E-state index contributed by atoms with van der Waals surface area (Å²) < 4.78 is 1.39. The van der Waals surface area contributed by atoms with Gasteiger partial charge < -0.3 is 0 Å². The Balaban J connectivity index is 2.57. The molecule has 0 amide bonds. The van der Waals surface area contributed by atoms with Crippen LogP contribution in [0, 0.1) is 0 Å². The molecule has 0 spiro atoms. The monoisotopic (exact) mass is 203 g/mol. The molecule has 0 aliphatic rings. The van der Waals surface area contributed by atoms with Crippen LogP contribution in [0.15, 0.2) is 41.8 Å². The average molecular weight is 203 g/mol. The van der Waals surface area contributed by atoms with Crippen LogP contribution in [0.1, 0.15) is 0 Å². The van der Waals surface area contributed by atoms with E-state index in [0.717, 1.165) is 0 Å². The molecule has 0 bridgehead atoms. The molecule has 1 heterocycles. The molecule has 2 heteroatoms. The molecule has 3 aromatic rings. The molecule has 0 N–H and O–H groups in total. The first-order valence-corrected chi connectivity index (χ1v) is 6.34. The molecule has 0 saturated carbocycles. The molecular formula is C11H7S2+. The molecule has 0 radical (unpaired) electrons. The Morgan fingerprint density at radius 3 is 2.54 bits per heavy atom. The van der Waals surface area contributed by atoms with Crippen molar-refractivity contribution in [1.29, 1.82) is 0 Å². The van der Waals surface area contributed by atoms with E-state index in [1.54, 1.807) is 10.3 Å². The molecule has 62 valence electrons. The highest BCUT2D eigenvalue weighted by atomic mass is 32.9. The number of benzene rings is 2. The Morgan fingerprint density at radius 2 is 1.69 bits per heavy atom. The normalized spacial score (nSPS) is 11.1. The summed E-state index contributed by atoms with van der Waals surface area (Å²) in [6.07, 6.45) is 0. The van der Waals surface area contributed by atoms with Crippen LogP contribution in [-0.2, 0) is 0 Å². The van der Waals surface area contributed by atoms with E-state index in [2.05, 4.69) is 41.8 Å². The fourth-order valence-corrected chi connectivity index (χ4v) is 3.64. The van der Waals surface area contributed by atoms with Gasteiger partial charge in [0.25, 0.3) is 10.3 Å². The number of fused-ring (bicyclic) bond motifs is 2. The van der Waals surface area contributed by atoms with Gasteiger partial charge in [-0.05, 0) is 22.9 Å². The first-order valence-electron chi connectivity index (χ1n) is 4.13. The smallest absolute Gasteiger partial charge is 0.0616 e. The van der Waals surface area contributed by atoms with Gasteiger partial charge >= 0.3 is 0 Å². The maximum Gasteiger partial charge on any atom is 0.292 e. The zero-order chi connectivity index (χ0) is 8.67. The topological polar surface area (TPSA) is 0 Å². The van der Waals surface area contributed by atoms with E-state index < -0.39 is 0 Å². The number of rotatable bonds is 0. The van der Waals surface area contributed by atoms with E-state index in [0.29, 0.717) is 0 Å². The minimum absolute atomic E-state index is 1.33. The summed E-state index contributed by atoms with van der Waals surface area (Å²) >= 11 is 0. The van der Waals surface area contributed by atoms with Gasteiger partial charge in [0.05, 0.1) is 10.1 Å². The quantitative estimate of drug-likeness (QED) is 0.375. The van der Waals surface area contributed by atoms with Crippen molar-refractivity contribution < 1.29 is 0 Å². The Labute approximate surface area is 83.5 Å². The highest BCUT2D eigenvalue weighted by Crippen LogP contribution is 2.29. The summed E-state index contributed by atoms with van der Waals surface area (Å²) in [6, 6.07) is 13.0. The Bertz CT molecular complexity index is 517. The lowest BCUT2D eigenvalue weighted by atomic mass is 10.1. The van der Waals surface area contributed by atoms with Gasteiger partial charge in [0.15, 0.2) is 10.3 Å². The van der Waals surface area contributed by atoms with Gasteiger partial charge in [0.1, 0.15) is 0 Å². The van der Waals surface area contributed by atoms with Gasteiger partial charge in [-0.2, -0.15) is 0 Å². The van der Waals surface area contributed by atoms with E-state index in [1.807, 2.05) is 10.3 Å². The van der Waals surface area contributed by atoms with Crippen molar-refractivity contribution in [3.05, 3.63) is 41.8 Å². The van der Waals surface area contributed by atoms with Crippen molar-refractivity contribution in [2.75, 3.05) is 0 Å². The third kappa shape index (κ3) is 1.14. The highest BCUT2D eigenvalue weighted by molar-refractivity contribution is 7.71. The minimum Gasteiger partial charge on any atom is -0.0616 e. The molecule has 0 atom stereocenters. The molecule has 0 saturated heterocycles. The van der Waals surface area contributed by atoms with Crippen molar-refractivity contribution in [3.8, 4) is 0 Å². The van der Waals surface area contributed by atoms with E-state index in [-0.39, 0.29) is 0 Å². The molecule has 0 fully saturated rings. The lowest BCUT2D eigenvalue weighted by Crippen LogP contribution is -1.69. The SMILES string of the molecule is c1ccc2cc3s[s+]cc3cc2c1. The predicted octanol–water partition coefficient (Wildman–Crippen LogP) is 4.40. The molecule has 3 rings (SSSR count). The van der Waals surface area contributed by atoms with Crippen LogP contribution >= 0.6 is 20.7 Å². The van der Waals surface area contributed by atoms with Crippen LogP contribution < -0.4 is 0 Å². The zero-order valence-electron chi connectivity index (χ0n) is 6.86. The van der Waals surface area contributed by atoms with Crippen molar-refractivity contribution in [3.63, 3.8) is 0 Å². The fraction of sp³-hybridized carbons (Fsp3) is 0.